The molecular weight excluding hydrogens is 257 g/mol. The molecule has 0 aliphatic carbocycles. The topological polar surface area (TPSA) is 27.1 Å². The third-order valence-corrected chi connectivity index (χ3v) is 2.56. The smallest absolute Gasteiger partial charge is 0.404 e. The van der Waals surface area contributed by atoms with Gasteiger partial charge in [-0.3, -0.25) is 0 Å². The van der Waals surface area contributed by atoms with E-state index in [2.05, 4.69) is 9.72 Å². The van der Waals surface area contributed by atoms with Crippen molar-refractivity contribution in [3.05, 3.63) is 42.5 Å². The first-order valence-electron chi connectivity index (χ1n) is 5.76. The fraction of sp³-hybridized carbons (Fsp3) is 0.308. The summed E-state index contributed by atoms with van der Waals surface area (Å²) in [5, 5.41) is 0. The first-order valence-corrected chi connectivity index (χ1v) is 5.76. The predicted molar refractivity (Wildman–Crippen MR) is 64.3 cm³/mol. The van der Waals surface area contributed by atoms with Gasteiger partial charge in [-0.2, -0.15) is 0 Å². The highest BCUT2D eigenvalue weighted by Gasteiger charge is 2.32. The average Bonchev–Trinajstić information content (AvgIpc) is 2.76. The van der Waals surface area contributed by atoms with Gasteiger partial charge in [-0.05, 0) is 18.1 Å². The Morgan fingerprint density at radius 3 is 2.47 bits per heavy atom. The number of nitrogens with zero attached hydrogens (tertiary/aromatic N) is 2. The third kappa shape index (κ3) is 3.27. The second-order valence-electron chi connectivity index (χ2n) is 4.38. The van der Waals surface area contributed by atoms with Crippen molar-refractivity contribution in [3.63, 3.8) is 0 Å². The lowest BCUT2D eigenvalue weighted by Crippen LogP contribution is -2.18. The van der Waals surface area contributed by atoms with E-state index < -0.39 is 6.36 Å². The van der Waals surface area contributed by atoms with Crippen LogP contribution in [-0.4, -0.2) is 15.9 Å². The maximum absolute atomic E-state index is 12.3. The highest BCUT2D eigenvalue weighted by Crippen LogP contribution is 2.29. The van der Waals surface area contributed by atoms with Gasteiger partial charge < -0.3 is 9.30 Å². The maximum atomic E-state index is 12.3. The monoisotopic (exact) mass is 270 g/mol. The van der Waals surface area contributed by atoms with Crippen molar-refractivity contribution in [2.24, 2.45) is 0 Å². The highest BCUT2D eigenvalue weighted by molar-refractivity contribution is 5.46. The molecule has 0 amide bonds. The molecule has 0 atom stereocenters. The second-order valence-corrected chi connectivity index (χ2v) is 4.38. The molecule has 1 heterocycles. The molecule has 0 saturated carbocycles. The molecule has 19 heavy (non-hydrogen) atoms. The molecular formula is C13H13F3N2O. The van der Waals surface area contributed by atoms with E-state index >= 15 is 0 Å². The summed E-state index contributed by atoms with van der Waals surface area (Å²) in [5.74, 6) is -0.0420. The summed E-state index contributed by atoms with van der Waals surface area (Å²) in [7, 11) is 0. The zero-order valence-corrected chi connectivity index (χ0v) is 10.5. The Balaban J connectivity index is 2.38. The van der Waals surface area contributed by atoms with E-state index in [0.717, 1.165) is 5.69 Å². The summed E-state index contributed by atoms with van der Waals surface area (Å²) < 4.78 is 42.5. The van der Waals surface area contributed by atoms with Gasteiger partial charge in [0, 0.05) is 6.20 Å². The van der Waals surface area contributed by atoms with Gasteiger partial charge in [0.2, 0.25) is 0 Å². The first kappa shape index (κ1) is 13.5. The molecule has 0 bridgehead atoms. The molecule has 1 aromatic carbocycles. The lowest BCUT2D eigenvalue weighted by Gasteiger charge is -2.13. The quantitative estimate of drug-likeness (QED) is 0.846. The van der Waals surface area contributed by atoms with E-state index in [1.54, 1.807) is 18.3 Å². The number of para-hydroxylation sites is 2. The zero-order chi connectivity index (χ0) is 14.0. The lowest BCUT2D eigenvalue weighted by molar-refractivity contribution is -0.274. The Kier molecular flexibility index (Phi) is 3.50. The number of alkyl halides is 3. The van der Waals surface area contributed by atoms with Gasteiger partial charge in [-0.1, -0.05) is 26.0 Å². The normalized spacial score (nSPS) is 11.9. The summed E-state index contributed by atoms with van der Waals surface area (Å²) >= 11 is 0. The Morgan fingerprint density at radius 2 is 1.89 bits per heavy atom. The van der Waals surface area contributed by atoms with Crippen LogP contribution in [0.1, 0.15) is 25.5 Å². The van der Waals surface area contributed by atoms with Gasteiger partial charge in [-0.25, -0.2) is 4.98 Å². The molecule has 0 spiro atoms. The molecule has 2 rings (SSSR count). The summed E-state index contributed by atoms with van der Waals surface area (Å²) in [4.78, 5) is 4.16. The Bertz CT molecular complexity index is 561. The molecule has 0 unspecified atom stereocenters. The van der Waals surface area contributed by atoms with Crippen LogP contribution >= 0.6 is 0 Å². The minimum absolute atomic E-state index is 0.206. The maximum Gasteiger partial charge on any atom is 0.573 e. The third-order valence-electron chi connectivity index (χ3n) is 2.56. The molecule has 3 nitrogen and oxygen atoms in total. The fourth-order valence-electron chi connectivity index (χ4n) is 1.65. The van der Waals surface area contributed by atoms with E-state index in [4.69, 9.17) is 0 Å². The van der Waals surface area contributed by atoms with E-state index in [-0.39, 0.29) is 11.7 Å². The minimum Gasteiger partial charge on any atom is -0.404 e. The highest BCUT2D eigenvalue weighted by atomic mass is 19.4. The van der Waals surface area contributed by atoms with Crippen LogP contribution in [0.5, 0.6) is 5.75 Å². The zero-order valence-electron chi connectivity index (χ0n) is 10.5. The molecule has 6 heteroatoms. The molecule has 0 saturated heterocycles. The van der Waals surface area contributed by atoms with E-state index in [1.807, 2.05) is 13.8 Å². The van der Waals surface area contributed by atoms with Crippen molar-refractivity contribution in [1.82, 2.24) is 9.55 Å². The van der Waals surface area contributed by atoms with Gasteiger partial charge in [0.15, 0.2) is 5.75 Å². The summed E-state index contributed by atoms with van der Waals surface area (Å²) in [6, 6.07) is 5.96. The summed E-state index contributed by atoms with van der Waals surface area (Å²) in [5.41, 5.74) is 1.11. The number of halogens is 3. The molecule has 0 fully saturated rings. The number of aromatic nitrogens is 2. The lowest BCUT2D eigenvalue weighted by atomic mass is 10.2. The SMILES string of the molecule is CC(C)c1cn(-c2ccccc2OC(F)(F)F)cn1. The molecule has 1 aromatic heterocycles. The fourth-order valence-corrected chi connectivity index (χ4v) is 1.65. The minimum atomic E-state index is -4.71. The van der Waals surface area contributed by atoms with Gasteiger partial charge in [0.05, 0.1) is 17.7 Å². The van der Waals surface area contributed by atoms with Crippen molar-refractivity contribution in [3.8, 4) is 11.4 Å². The Hall–Kier alpha value is -1.98. The summed E-state index contributed by atoms with van der Waals surface area (Å²) in [6.07, 6.45) is -1.53. The van der Waals surface area contributed by atoms with E-state index in [1.165, 1.54) is 23.0 Å². The number of rotatable bonds is 3. The van der Waals surface area contributed by atoms with E-state index in [9.17, 15) is 13.2 Å². The van der Waals surface area contributed by atoms with Crippen molar-refractivity contribution in [1.29, 1.82) is 0 Å². The van der Waals surface area contributed by atoms with Crippen molar-refractivity contribution in [2.45, 2.75) is 26.1 Å². The van der Waals surface area contributed by atoms with Crippen LogP contribution in [0.3, 0.4) is 0 Å². The van der Waals surface area contributed by atoms with Crippen LogP contribution in [0.25, 0.3) is 5.69 Å². The Labute approximate surface area is 108 Å². The van der Waals surface area contributed by atoms with Crippen LogP contribution < -0.4 is 4.74 Å². The Morgan fingerprint density at radius 1 is 1.21 bits per heavy atom. The van der Waals surface area contributed by atoms with Gasteiger partial charge in [-0.15, -0.1) is 13.2 Å². The predicted octanol–water partition coefficient (Wildman–Crippen LogP) is 3.89. The van der Waals surface area contributed by atoms with Gasteiger partial charge in [0.1, 0.15) is 0 Å². The number of hydrogen-bond donors (Lipinski definition) is 0. The van der Waals surface area contributed by atoms with Crippen LogP contribution in [0.15, 0.2) is 36.8 Å². The molecule has 102 valence electrons. The molecule has 2 aromatic rings. The van der Waals surface area contributed by atoms with Crippen LogP contribution in [0.4, 0.5) is 13.2 Å². The standard InChI is InChI=1S/C13H13F3N2O/c1-9(2)10-7-18(8-17-10)11-5-3-4-6-12(11)19-13(14,15)16/h3-9H,1-2H3. The second kappa shape index (κ2) is 4.95. The van der Waals surface area contributed by atoms with E-state index in [0.29, 0.717) is 5.69 Å². The number of benzene rings is 1. The van der Waals surface area contributed by atoms with Crippen LogP contribution in [-0.2, 0) is 0 Å². The molecule has 0 N–H and O–H groups in total. The van der Waals surface area contributed by atoms with Crippen LogP contribution in [0.2, 0.25) is 0 Å². The number of imidazole rings is 1. The van der Waals surface area contributed by atoms with Crippen LogP contribution in [0, 0.1) is 0 Å². The largest absolute Gasteiger partial charge is 0.573 e. The number of ether oxygens (including phenoxy) is 1. The van der Waals surface area contributed by atoms with Crippen molar-refractivity contribution in [2.75, 3.05) is 0 Å². The molecule has 0 aliphatic rings. The summed E-state index contributed by atoms with van der Waals surface area (Å²) in [6.45, 7) is 3.93. The van der Waals surface area contributed by atoms with Gasteiger partial charge in [0.25, 0.3) is 0 Å². The van der Waals surface area contributed by atoms with Crippen molar-refractivity contribution < 1.29 is 17.9 Å². The van der Waals surface area contributed by atoms with Gasteiger partial charge >= 0.3 is 6.36 Å². The average molecular weight is 270 g/mol. The first-order chi connectivity index (χ1) is 8.87. The van der Waals surface area contributed by atoms with Crippen molar-refractivity contribution >= 4 is 0 Å². The molecule has 0 radical (unpaired) electrons. The molecule has 0 aliphatic heterocycles. The number of hydrogen-bond acceptors (Lipinski definition) is 2.